The summed E-state index contributed by atoms with van der Waals surface area (Å²) < 4.78 is 5.92. The number of hydrogen-bond donors (Lipinski definition) is 2. The van der Waals surface area contributed by atoms with E-state index >= 15 is 0 Å². The topological polar surface area (TPSA) is 90.1 Å². The number of thioether (sulfide) groups is 1. The molecule has 1 aliphatic heterocycles. The van der Waals surface area contributed by atoms with Crippen LogP contribution in [-0.4, -0.2) is 27.2 Å². The molecule has 2 aromatic heterocycles. The fourth-order valence-corrected chi connectivity index (χ4v) is 5.69. The van der Waals surface area contributed by atoms with Gasteiger partial charge in [-0.3, -0.25) is 4.79 Å². The summed E-state index contributed by atoms with van der Waals surface area (Å²) in [6.45, 7) is 4.73. The van der Waals surface area contributed by atoms with Crippen LogP contribution in [0.3, 0.4) is 0 Å². The number of nitrogens with one attached hydrogen (secondary N) is 1. The van der Waals surface area contributed by atoms with E-state index < -0.39 is 0 Å². The van der Waals surface area contributed by atoms with Gasteiger partial charge in [0.15, 0.2) is 5.16 Å². The zero-order chi connectivity index (χ0) is 21.6. The fourth-order valence-electron chi connectivity index (χ4n) is 3.87. The Morgan fingerprint density at radius 2 is 2.03 bits per heavy atom. The van der Waals surface area contributed by atoms with E-state index in [1.54, 1.807) is 11.3 Å². The summed E-state index contributed by atoms with van der Waals surface area (Å²) in [5.41, 5.74) is 8.08. The average Bonchev–Trinajstić information content (AvgIpc) is 3.09. The van der Waals surface area contributed by atoms with Gasteiger partial charge in [-0.2, -0.15) is 0 Å². The number of nitrogens with two attached hydrogens (primary N) is 1. The van der Waals surface area contributed by atoms with E-state index in [-0.39, 0.29) is 17.3 Å². The lowest BCUT2D eigenvalue weighted by molar-refractivity contribution is -0.113. The van der Waals surface area contributed by atoms with Crippen molar-refractivity contribution in [2.24, 2.45) is 0 Å². The summed E-state index contributed by atoms with van der Waals surface area (Å²) in [4.78, 5) is 23.7. The smallest absolute Gasteiger partial charge is 0.234 e. The number of thiophene rings is 1. The van der Waals surface area contributed by atoms with Crippen molar-refractivity contribution in [3.63, 3.8) is 0 Å². The molecule has 0 saturated heterocycles. The molecule has 0 aliphatic carbocycles. The monoisotopic (exact) mass is 450 g/mol. The summed E-state index contributed by atoms with van der Waals surface area (Å²) in [6.07, 6.45) is 0.788. The molecule has 1 aliphatic rings. The van der Waals surface area contributed by atoms with Crippen molar-refractivity contribution in [3.8, 4) is 0 Å². The van der Waals surface area contributed by atoms with Crippen LogP contribution in [0.4, 0.5) is 11.5 Å². The van der Waals surface area contributed by atoms with E-state index in [0.29, 0.717) is 17.6 Å². The van der Waals surface area contributed by atoms with Crippen LogP contribution in [0.5, 0.6) is 0 Å². The fraction of sp³-hybridized carbons (Fsp3) is 0.261. The lowest BCUT2D eigenvalue weighted by atomic mass is 9.94. The van der Waals surface area contributed by atoms with Crippen molar-refractivity contribution >= 4 is 61.5 Å². The third-order valence-corrected chi connectivity index (χ3v) is 7.28. The minimum Gasteiger partial charge on any atom is -0.383 e. The molecule has 0 radical (unpaired) electrons. The van der Waals surface area contributed by atoms with Gasteiger partial charge in [0.2, 0.25) is 5.91 Å². The van der Waals surface area contributed by atoms with Crippen molar-refractivity contribution in [2.45, 2.75) is 37.6 Å². The highest BCUT2D eigenvalue weighted by atomic mass is 32.2. The van der Waals surface area contributed by atoms with Crippen molar-refractivity contribution in [2.75, 3.05) is 16.8 Å². The molecule has 0 atom stereocenters. The molecule has 0 fully saturated rings. The van der Waals surface area contributed by atoms with Gasteiger partial charge in [0, 0.05) is 22.4 Å². The Bertz CT molecular complexity index is 1310. The quantitative estimate of drug-likeness (QED) is 0.336. The molecular weight excluding hydrogens is 428 g/mol. The molecule has 4 aromatic rings. The SMILES string of the molecule is CC1(C)Cc2c(sc3nc(SCC(=O)Nc4cccc5ccccc45)nc(N)c23)CO1. The second kappa shape index (κ2) is 7.78. The number of rotatable bonds is 4. The van der Waals surface area contributed by atoms with Crippen LogP contribution in [0, 0.1) is 0 Å². The van der Waals surface area contributed by atoms with Crippen LogP contribution >= 0.6 is 23.1 Å². The standard InChI is InChI=1S/C23H22N4O2S2/c1-23(2)10-15-17(11-29-23)31-21-19(15)20(24)26-22(27-21)30-12-18(28)25-16-9-5-7-13-6-3-4-8-14(13)16/h3-9H,10-12H2,1-2H3,(H,25,28)(H2,24,26,27). The molecule has 1 amide bonds. The molecule has 3 heterocycles. The third kappa shape index (κ3) is 3.98. The minimum absolute atomic E-state index is 0.107. The van der Waals surface area contributed by atoms with E-state index in [1.807, 2.05) is 42.5 Å². The van der Waals surface area contributed by atoms with Crippen molar-refractivity contribution in [1.82, 2.24) is 9.97 Å². The van der Waals surface area contributed by atoms with E-state index in [9.17, 15) is 4.79 Å². The molecule has 3 N–H and O–H groups in total. The number of anilines is 2. The second-order valence-corrected chi connectivity index (χ2v) is 10.2. The molecule has 0 unspecified atom stereocenters. The molecule has 0 spiro atoms. The maximum atomic E-state index is 12.6. The van der Waals surface area contributed by atoms with E-state index in [4.69, 9.17) is 10.5 Å². The number of carbonyl (C=O) groups excluding carboxylic acids is 1. The van der Waals surface area contributed by atoms with Gasteiger partial charge in [-0.25, -0.2) is 9.97 Å². The number of benzene rings is 2. The van der Waals surface area contributed by atoms with Crippen LogP contribution in [0.2, 0.25) is 0 Å². The summed E-state index contributed by atoms with van der Waals surface area (Å²) in [7, 11) is 0. The summed E-state index contributed by atoms with van der Waals surface area (Å²) in [5.74, 6) is 0.566. The molecule has 6 nitrogen and oxygen atoms in total. The molecule has 31 heavy (non-hydrogen) atoms. The largest absolute Gasteiger partial charge is 0.383 e. The van der Waals surface area contributed by atoms with E-state index in [2.05, 4.69) is 29.1 Å². The molecule has 5 rings (SSSR count). The van der Waals surface area contributed by atoms with Gasteiger partial charge in [0.1, 0.15) is 10.6 Å². The van der Waals surface area contributed by atoms with Crippen molar-refractivity contribution in [3.05, 3.63) is 52.9 Å². The van der Waals surface area contributed by atoms with Gasteiger partial charge in [0.25, 0.3) is 0 Å². The van der Waals surface area contributed by atoms with Gasteiger partial charge in [-0.1, -0.05) is 48.2 Å². The first-order chi connectivity index (χ1) is 14.9. The molecule has 8 heteroatoms. The highest BCUT2D eigenvalue weighted by molar-refractivity contribution is 7.99. The summed E-state index contributed by atoms with van der Waals surface area (Å²) >= 11 is 2.89. The summed E-state index contributed by atoms with van der Waals surface area (Å²) in [6, 6.07) is 13.8. The van der Waals surface area contributed by atoms with Gasteiger partial charge in [0.05, 0.1) is 23.3 Å². The summed E-state index contributed by atoms with van der Waals surface area (Å²) in [5, 5.41) is 6.54. The second-order valence-electron chi connectivity index (χ2n) is 8.16. The number of fused-ring (bicyclic) bond motifs is 4. The van der Waals surface area contributed by atoms with Gasteiger partial charge in [-0.15, -0.1) is 11.3 Å². The first kappa shape index (κ1) is 20.2. The molecule has 158 valence electrons. The number of amides is 1. The Kier molecular flexibility index (Phi) is 5.08. The normalized spacial score (nSPS) is 15.2. The highest BCUT2D eigenvalue weighted by Crippen LogP contribution is 2.40. The lowest BCUT2D eigenvalue weighted by Crippen LogP contribution is -2.31. The maximum absolute atomic E-state index is 12.6. The van der Waals surface area contributed by atoms with E-state index in [1.165, 1.54) is 17.3 Å². The average molecular weight is 451 g/mol. The number of hydrogen-bond acceptors (Lipinski definition) is 7. The Hall–Kier alpha value is -2.68. The van der Waals surface area contributed by atoms with Crippen LogP contribution in [0.15, 0.2) is 47.6 Å². The predicted octanol–water partition coefficient (Wildman–Crippen LogP) is 5.01. The predicted molar refractivity (Wildman–Crippen MR) is 128 cm³/mol. The maximum Gasteiger partial charge on any atom is 0.234 e. The van der Waals surface area contributed by atoms with Crippen LogP contribution in [-0.2, 0) is 22.6 Å². The molecular formula is C23H22N4O2S2. The molecule has 2 aromatic carbocycles. The third-order valence-electron chi connectivity index (χ3n) is 5.33. The first-order valence-corrected chi connectivity index (χ1v) is 11.8. The Morgan fingerprint density at radius 3 is 2.90 bits per heavy atom. The van der Waals surface area contributed by atoms with Gasteiger partial charge in [-0.05, 0) is 30.9 Å². The zero-order valence-electron chi connectivity index (χ0n) is 17.3. The van der Waals surface area contributed by atoms with E-state index in [0.717, 1.165) is 38.0 Å². The number of nitrogens with zero attached hydrogens (tertiary/aromatic N) is 2. The van der Waals surface area contributed by atoms with Crippen LogP contribution in [0.25, 0.3) is 21.0 Å². The Labute approximate surface area is 188 Å². The van der Waals surface area contributed by atoms with Crippen molar-refractivity contribution in [1.29, 1.82) is 0 Å². The number of nitrogen functional groups attached to an aromatic ring is 1. The Balaban J connectivity index is 1.33. The number of carbonyl (C=O) groups is 1. The molecule has 0 saturated carbocycles. The number of ether oxygens (including phenoxy) is 1. The number of aromatic nitrogens is 2. The van der Waals surface area contributed by atoms with Crippen molar-refractivity contribution < 1.29 is 9.53 Å². The van der Waals surface area contributed by atoms with Crippen LogP contribution in [0.1, 0.15) is 24.3 Å². The lowest BCUT2D eigenvalue weighted by Gasteiger charge is -2.30. The molecule has 0 bridgehead atoms. The van der Waals surface area contributed by atoms with Gasteiger partial charge >= 0.3 is 0 Å². The zero-order valence-corrected chi connectivity index (χ0v) is 18.9. The minimum atomic E-state index is -0.222. The van der Waals surface area contributed by atoms with Gasteiger partial charge < -0.3 is 15.8 Å². The Morgan fingerprint density at radius 1 is 1.23 bits per heavy atom. The van der Waals surface area contributed by atoms with Crippen LogP contribution < -0.4 is 11.1 Å². The first-order valence-electron chi connectivity index (χ1n) is 10.0. The highest BCUT2D eigenvalue weighted by Gasteiger charge is 2.30.